The lowest BCUT2D eigenvalue weighted by Gasteiger charge is -2.36. The Morgan fingerprint density at radius 1 is 1.26 bits per heavy atom. The van der Waals surface area contributed by atoms with E-state index in [-0.39, 0.29) is 24.5 Å². The summed E-state index contributed by atoms with van der Waals surface area (Å²) in [5.41, 5.74) is 2.72. The highest BCUT2D eigenvalue weighted by atomic mass is 32.2. The van der Waals surface area contributed by atoms with E-state index in [1.165, 1.54) is 11.8 Å². The van der Waals surface area contributed by atoms with Crippen molar-refractivity contribution in [3.05, 3.63) is 52.2 Å². The number of fused-ring (bicyclic) bond motifs is 1. The Labute approximate surface area is 187 Å². The molecule has 2 aliphatic rings. The largest absolute Gasteiger partial charge is 0.497 e. The van der Waals surface area contributed by atoms with Gasteiger partial charge in [-0.05, 0) is 57.7 Å². The van der Waals surface area contributed by atoms with Crippen LogP contribution in [0.4, 0.5) is 0 Å². The lowest BCUT2D eigenvalue weighted by Crippen LogP contribution is -2.39. The van der Waals surface area contributed by atoms with Gasteiger partial charge in [0, 0.05) is 11.7 Å². The molecule has 1 amide bonds. The van der Waals surface area contributed by atoms with E-state index in [1.54, 1.807) is 7.11 Å². The molecule has 1 atom stereocenters. The van der Waals surface area contributed by atoms with Gasteiger partial charge < -0.3 is 19.7 Å². The molecule has 0 saturated heterocycles. The molecule has 1 aromatic carbocycles. The third-order valence-electron chi connectivity index (χ3n) is 4.76. The van der Waals surface area contributed by atoms with E-state index in [2.05, 4.69) is 10.3 Å². The Morgan fingerprint density at radius 3 is 2.65 bits per heavy atom. The van der Waals surface area contributed by atoms with Crippen LogP contribution in [0.15, 0.2) is 51.6 Å². The number of thioether (sulfide) groups is 1. The number of amides is 1. The number of allylic oxidation sites excluding steroid dienone is 1. The molecule has 1 unspecified atom stereocenters. The number of carbonyl (C=O) groups excluding carboxylic acids is 2. The number of aliphatic imine (C=N–C) groups is 1. The Morgan fingerprint density at radius 2 is 2.00 bits per heavy atom. The smallest absolute Gasteiger partial charge is 0.338 e. The second kappa shape index (κ2) is 9.60. The summed E-state index contributed by atoms with van der Waals surface area (Å²) in [6.07, 6.45) is -0.0696. The van der Waals surface area contributed by atoms with E-state index >= 15 is 0 Å². The molecule has 0 spiro atoms. The van der Waals surface area contributed by atoms with Crippen LogP contribution in [0.5, 0.6) is 5.75 Å². The normalized spacial score (nSPS) is 18.1. The van der Waals surface area contributed by atoms with Crippen molar-refractivity contribution in [1.82, 2.24) is 10.2 Å². The molecular formula is C23H29N3O4S. The van der Waals surface area contributed by atoms with Crippen molar-refractivity contribution in [1.29, 1.82) is 0 Å². The number of carbonyl (C=O) groups is 2. The van der Waals surface area contributed by atoms with Crippen molar-refractivity contribution < 1.29 is 19.1 Å². The molecule has 8 heteroatoms. The monoisotopic (exact) mass is 443 g/mol. The van der Waals surface area contributed by atoms with E-state index in [4.69, 9.17) is 9.47 Å². The van der Waals surface area contributed by atoms with Crippen LogP contribution < -0.4 is 10.1 Å². The molecule has 0 aromatic heterocycles. The third-order valence-corrected chi connectivity index (χ3v) is 5.65. The maximum Gasteiger partial charge on any atom is 0.338 e. The lowest BCUT2D eigenvalue weighted by atomic mass is 9.93. The van der Waals surface area contributed by atoms with Crippen LogP contribution in [0.2, 0.25) is 0 Å². The SMILES string of the molecule is COc1cccc(C2C(C(=O)OC(C)C)=C(C)N=C3SC=C(CC(=O)NC(C)C)N32)c1. The Hall–Kier alpha value is -2.74. The summed E-state index contributed by atoms with van der Waals surface area (Å²) in [5, 5.41) is 5.59. The Bertz CT molecular complexity index is 965. The molecule has 1 aromatic rings. The van der Waals surface area contributed by atoms with Gasteiger partial charge >= 0.3 is 5.97 Å². The average molecular weight is 444 g/mol. The minimum Gasteiger partial charge on any atom is -0.497 e. The summed E-state index contributed by atoms with van der Waals surface area (Å²) in [5.74, 6) is 0.196. The summed E-state index contributed by atoms with van der Waals surface area (Å²) in [6, 6.07) is 7.17. The van der Waals surface area contributed by atoms with Gasteiger partial charge in [-0.2, -0.15) is 0 Å². The van der Waals surface area contributed by atoms with Crippen LogP contribution in [-0.2, 0) is 14.3 Å². The first-order chi connectivity index (χ1) is 14.7. The molecule has 166 valence electrons. The van der Waals surface area contributed by atoms with Crippen molar-refractivity contribution in [3.63, 3.8) is 0 Å². The fourth-order valence-corrected chi connectivity index (χ4v) is 4.54. The molecule has 0 fully saturated rings. The van der Waals surface area contributed by atoms with Gasteiger partial charge in [0.25, 0.3) is 0 Å². The maximum atomic E-state index is 13.1. The quantitative estimate of drug-likeness (QED) is 0.638. The molecule has 31 heavy (non-hydrogen) atoms. The van der Waals surface area contributed by atoms with Gasteiger partial charge in [0.15, 0.2) is 5.17 Å². The molecule has 0 radical (unpaired) electrons. The number of hydrogen-bond acceptors (Lipinski definition) is 7. The summed E-state index contributed by atoms with van der Waals surface area (Å²) < 4.78 is 11.0. The van der Waals surface area contributed by atoms with E-state index in [9.17, 15) is 9.59 Å². The number of hydrogen-bond donors (Lipinski definition) is 1. The van der Waals surface area contributed by atoms with Gasteiger partial charge in [0.05, 0.1) is 36.9 Å². The number of nitrogens with one attached hydrogen (secondary N) is 1. The standard InChI is InChI=1S/C23H29N3O4S/c1-13(2)24-19(27)11-17-12-31-23-25-15(5)20(22(28)30-14(3)4)21(26(17)23)16-8-7-9-18(10-16)29-6/h7-10,12-14,21H,11H2,1-6H3,(H,24,27). The first kappa shape index (κ1) is 22.9. The van der Waals surface area contributed by atoms with E-state index in [0.29, 0.717) is 17.0 Å². The van der Waals surface area contributed by atoms with Gasteiger partial charge in [-0.3, -0.25) is 4.79 Å². The predicted molar refractivity (Wildman–Crippen MR) is 123 cm³/mol. The molecule has 0 aliphatic carbocycles. The number of esters is 1. The molecule has 3 rings (SSSR count). The number of methoxy groups -OCH3 is 1. The highest BCUT2D eigenvalue weighted by molar-refractivity contribution is 8.16. The molecule has 2 aliphatic heterocycles. The first-order valence-electron chi connectivity index (χ1n) is 10.3. The molecule has 1 N–H and O–H groups in total. The van der Waals surface area contributed by atoms with Gasteiger partial charge in [-0.15, -0.1) is 0 Å². The van der Waals surface area contributed by atoms with Crippen LogP contribution in [0.3, 0.4) is 0 Å². The zero-order valence-corrected chi connectivity index (χ0v) is 19.6. The average Bonchev–Trinajstić information content (AvgIpc) is 3.07. The zero-order valence-electron chi connectivity index (χ0n) is 18.8. The highest BCUT2D eigenvalue weighted by Crippen LogP contribution is 2.45. The van der Waals surface area contributed by atoms with E-state index in [1.807, 2.05) is 69.2 Å². The Kier molecular flexibility index (Phi) is 7.10. The maximum absolute atomic E-state index is 13.1. The van der Waals surface area contributed by atoms with Crippen molar-refractivity contribution in [2.75, 3.05) is 7.11 Å². The van der Waals surface area contributed by atoms with E-state index < -0.39 is 12.0 Å². The topological polar surface area (TPSA) is 80.2 Å². The lowest BCUT2D eigenvalue weighted by molar-refractivity contribution is -0.143. The molecule has 2 heterocycles. The van der Waals surface area contributed by atoms with Gasteiger partial charge in [-0.25, -0.2) is 9.79 Å². The predicted octanol–water partition coefficient (Wildman–Crippen LogP) is 4.14. The number of benzene rings is 1. The number of amidine groups is 1. The van der Waals surface area contributed by atoms with Crippen LogP contribution in [0, 0.1) is 0 Å². The van der Waals surface area contributed by atoms with Crippen molar-refractivity contribution >= 4 is 28.8 Å². The van der Waals surface area contributed by atoms with Gasteiger partial charge in [0.2, 0.25) is 5.91 Å². The minimum atomic E-state index is -0.470. The molecule has 0 bridgehead atoms. The van der Waals surface area contributed by atoms with Crippen LogP contribution in [-0.4, -0.2) is 41.2 Å². The fourth-order valence-electron chi connectivity index (χ4n) is 3.57. The van der Waals surface area contributed by atoms with Crippen molar-refractivity contribution in [2.24, 2.45) is 4.99 Å². The molecule has 7 nitrogen and oxygen atoms in total. The number of ether oxygens (including phenoxy) is 2. The van der Waals surface area contributed by atoms with Crippen LogP contribution >= 0.6 is 11.8 Å². The first-order valence-corrected chi connectivity index (χ1v) is 11.2. The summed E-state index contributed by atoms with van der Waals surface area (Å²) in [4.78, 5) is 32.2. The van der Waals surface area contributed by atoms with Gasteiger partial charge in [-0.1, -0.05) is 23.9 Å². The summed E-state index contributed by atoms with van der Waals surface area (Å²) in [6.45, 7) is 9.31. The van der Waals surface area contributed by atoms with Crippen LogP contribution in [0.1, 0.15) is 52.6 Å². The third kappa shape index (κ3) is 5.12. The highest BCUT2D eigenvalue weighted by Gasteiger charge is 2.41. The second-order valence-corrected chi connectivity index (χ2v) is 8.86. The molecular weight excluding hydrogens is 414 g/mol. The Balaban J connectivity index is 2.06. The van der Waals surface area contributed by atoms with Crippen molar-refractivity contribution in [3.8, 4) is 5.75 Å². The van der Waals surface area contributed by atoms with Gasteiger partial charge in [0.1, 0.15) is 5.75 Å². The van der Waals surface area contributed by atoms with Crippen molar-refractivity contribution in [2.45, 2.75) is 59.2 Å². The molecule has 0 saturated carbocycles. The summed E-state index contributed by atoms with van der Waals surface area (Å²) in [7, 11) is 1.61. The number of nitrogens with zero attached hydrogens (tertiary/aromatic N) is 2. The van der Waals surface area contributed by atoms with Crippen LogP contribution in [0.25, 0.3) is 0 Å². The number of rotatable bonds is 7. The second-order valence-electron chi connectivity index (χ2n) is 8.02. The fraction of sp³-hybridized carbons (Fsp3) is 0.435. The van der Waals surface area contributed by atoms with E-state index in [0.717, 1.165) is 16.4 Å². The minimum absolute atomic E-state index is 0.0459. The summed E-state index contributed by atoms with van der Waals surface area (Å²) >= 11 is 1.45. The zero-order chi connectivity index (χ0) is 22.7.